The molecule has 0 aliphatic heterocycles. The number of hydrogen-bond donors (Lipinski definition) is 1. The van der Waals surface area contributed by atoms with Crippen LogP contribution >= 0.6 is 0 Å². The molecule has 110 valence electrons. The van der Waals surface area contributed by atoms with Gasteiger partial charge in [0.25, 0.3) is 5.56 Å². The third kappa shape index (κ3) is 2.76. The third-order valence-corrected chi connectivity index (χ3v) is 3.69. The van der Waals surface area contributed by atoms with Crippen molar-refractivity contribution in [3.63, 3.8) is 0 Å². The Morgan fingerprint density at radius 2 is 1.59 bits per heavy atom. The monoisotopic (exact) mass is 293 g/mol. The van der Waals surface area contributed by atoms with Crippen molar-refractivity contribution < 1.29 is 9.90 Å². The normalized spacial score (nSPS) is 10.7. The Hall–Kier alpha value is -2.88. The summed E-state index contributed by atoms with van der Waals surface area (Å²) in [4.78, 5) is 23.2. The van der Waals surface area contributed by atoms with Crippen LogP contribution in [0, 0.1) is 0 Å². The molecule has 3 aromatic rings. The summed E-state index contributed by atoms with van der Waals surface area (Å²) in [5, 5.41) is 10.00. The molecule has 0 amide bonds. The van der Waals surface area contributed by atoms with Crippen LogP contribution in [0.4, 0.5) is 0 Å². The Balaban J connectivity index is 2.09. The first-order valence-corrected chi connectivity index (χ1v) is 7.02. The van der Waals surface area contributed by atoms with Crippen molar-refractivity contribution in [1.82, 2.24) is 4.57 Å². The molecular formula is C18H15NO3. The number of carboxylic acid groups (broad SMARTS) is 1. The van der Waals surface area contributed by atoms with E-state index >= 15 is 0 Å². The summed E-state index contributed by atoms with van der Waals surface area (Å²) in [5.41, 5.74) is 2.34. The maximum Gasteiger partial charge on any atom is 0.307 e. The molecule has 0 saturated carbocycles. The van der Waals surface area contributed by atoms with E-state index in [9.17, 15) is 9.59 Å². The molecule has 4 heteroatoms. The van der Waals surface area contributed by atoms with Crippen molar-refractivity contribution in [2.24, 2.45) is 0 Å². The molecule has 22 heavy (non-hydrogen) atoms. The number of rotatable bonds is 4. The van der Waals surface area contributed by atoms with E-state index < -0.39 is 5.97 Å². The fraction of sp³-hybridized carbons (Fsp3) is 0.111. The standard InChI is InChI=1S/C18H15NO3/c20-17-10-9-13-5-3-4-8-16(13)19(17)12-15-7-2-1-6-14(15)11-18(21)22/h1-10H,11-12H2,(H,21,22). The summed E-state index contributed by atoms with van der Waals surface area (Å²) in [7, 11) is 0. The predicted molar refractivity (Wildman–Crippen MR) is 85.1 cm³/mol. The van der Waals surface area contributed by atoms with Crippen molar-refractivity contribution in [2.75, 3.05) is 0 Å². The van der Waals surface area contributed by atoms with Crippen molar-refractivity contribution in [3.8, 4) is 0 Å². The van der Waals surface area contributed by atoms with Gasteiger partial charge in [-0.2, -0.15) is 0 Å². The number of carbonyl (C=O) groups is 1. The lowest BCUT2D eigenvalue weighted by Gasteiger charge is -2.12. The van der Waals surface area contributed by atoms with Gasteiger partial charge in [-0.3, -0.25) is 9.59 Å². The van der Waals surface area contributed by atoms with Gasteiger partial charge in [0.15, 0.2) is 0 Å². The van der Waals surface area contributed by atoms with Crippen molar-refractivity contribution >= 4 is 16.9 Å². The fourth-order valence-electron chi connectivity index (χ4n) is 2.62. The summed E-state index contributed by atoms with van der Waals surface area (Å²) in [6.45, 7) is 0.365. The van der Waals surface area contributed by atoms with Crippen LogP contribution < -0.4 is 5.56 Å². The van der Waals surface area contributed by atoms with Gasteiger partial charge in [0.2, 0.25) is 0 Å². The first kappa shape index (κ1) is 14.1. The van der Waals surface area contributed by atoms with E-state index in [1.807, 2.05) is 42.5 Å². The molecule has 0 atom stereocenters. The van der Waals surface area contributed by atoms with E-state index in [-0.39, 0.29) is 12.0 Å². The largest absolute Gasteiger partial charge is 0.481 e. The second-order valence-corrected chi connectivity index (χ2v) is 5.16. The molecule has 4 nitrogen and oxygen atoms in total. The van der Waals surface area contributed by atoms with Gasteiger partial charge >= 0.3 is 5.97 Å². The molecule has 0 unspecified atom stereocenters. The Labute approximate surface area is 127 Å². The van der Waals surface area contributed by atoms with Gasteiger partial charge in [-0.1, -0.05) is 42.5 Å². The van der Waals surface area contributed by atoms with Crippen LogP contribution in [0.15, 0.2) is 65.5 Å². The molecule has 0 aliphatic rings. The number of carboxylic acids is 1. The van der Waals surface area contributed by atoms with Gasteiger partial charge in [0.1, 0.15) is 0 Å². The smallest absolute Gasteiger partial charge is 0.307 e. The zero-order chi connectivity index (χ0) is 15.5. The zero-order valence-corrected chi connectivity index (χ0v) is 11.9. The molecule has 0 saturated heterocycles. The molecule has 2 aromatic carbocycles. The molecule has 0 bridgehead atoms. The quantitative estimate of drug-likeness (QED) is 0.804. The number of aromatic nitrogens is 1. The second kappa shape index (κ2) is 5.85. The SMILES string of the molecule is O=C(O)Cc1ccccc1Cn1c(=O)ccc2ccccc21. The van der Waals surface area contributed by atoms with Gasteiger partial charge in [-0.25, -0.2) is 0 Å². The van der Waals surface area contributed by atoms with Gasteiger partial charge in [0, 0.05) is 6.07 Å². The summed E-state index contributed by atoms with van der Waals surface area (Å²) >= 11 is 0. The molecule has 0 radical (unpaired) electrons. The van der Waals surface area contributed by atoms with Crippen molar-refractivity contribution in [1.29, 1.82) is 0 Å². The van der Waals surface area contributed by atoms with Crippen LogP contribution in [0.3, 0.4) is 0 Å². The highest BCUT2D eigenvalue weighted by atomic mass is 16.4. The van der Waals surface area contributed by atoms with E-state index in [1.54, 1.807) is 22.8 Å². The van der Waals surface area contributed by atoms with Crippen molar-refractivity contribution in [3.05, 3.63) is 82.1 Å². The molecule has 1 N–H and O–H groups in total. The first-order valence-electron chi connectivity index (χ1n) is 7.02. The van der Waals surface area contributed by atoms with Gasteiger partial charge in [-0.15, -0.1) is 0 Å². The molecule has 3 rings (SSSR count). The topological polar surface area (TPSA) is 59.3 Å². The fourth-order valence-corrected chi connectivity index (χ4v) is 2.62. The van der Waals surface area contributed by atoms with Crippen LogP contribution in [-0.2, 0) is 17.8 Å². The number of benzene rings is 2. The Morgan fingerprint density at radius 1 is 0.909 bits per heavy atom. The Kier molecular flexibility index (Phi) is 3.74. The minimum Gasteiger partial charge on any atom is -0.481 e. The average Bonchev–Trinajstić information content (AvgIpc) is 2.51. The van der Waals surface area contributed by atoms with E-state index in [1.165, 1.54) is 0 Å². The van der Waals surface area contributed by atoms with E-state index in [0.29, 0.717) is 6.54 Å². The van der Waals surface area contributed by atoms with Gasteiger partial charge in [0.05, 0.1) is 18.5 Å². The van der Waals surface area contributed by atoms with Crippen LogP contribution in [0.5, 0.6) is 0 Å². The lowest BCUT2D eigenvalue weighted by atomic mass is 10.0. The number of nitrogens with zero attached hydrogens (tertiary/aromatic N) is 1. The molecule has 1 heterocycles. The van der Waals surface area contributed by atoms with Crippen LogP contribution in [0.25, 0.3) is 10.9 Å². The molecule has 0 fully saturated rings. The minimum atomic E-state index is -0.877. The van der Waals surface area contributed by atoms with E-state index in [0.717, 1.165) is 22.0 Å². The lowest BCUT2D eigenvalue weighted by molar-refractivity contribution is -0.136. The van der Waals surface area contributed by atoms with Crippen LogP contribution in [0.1, 0.15) is 11.1 Å². The first-order chi connectivity index (χ1) is 10.6. The van der Waals surface area contributed by atoms with Crippen LogP contribution in [-0.4, -0.2) is 15.6 Å². The number of fused-ring (bicyclic) bond motifs is 1. The highest BCUT2D eigenvalue weighted by Crippen LogP contribution is 2.15. The highest BCUT2D eigenvalue weighted by Gasteiger charge is 2.09. The van der Waals surface area contributed by atoms with Gasteiger partial charge < -0.3 is 9.67 Å². The van der Waals surface area contributed by atoms with Crippen LogP contribution in [0.2, 0.25) is 0 Å². The number of aliphatic carboxylic acids is 1. The highest BCUT2D eigenvalue weighted by molar-refractivity contribution is 5.78. The average molecular weight is 293 g/mol. The molecular weight excluding hydrogens is 278 g/mol. The third-order valence-electron chi connectivity index (χ3n) is 3.69. The minimum absolute atomic E-state index is 0.0459. The maximum absolute atomic E-state index is 12.2. The summed E-state index contributed by atoms with van der Waals surface area (Å²) in [6, 6.07) is 18.3. The van der Waals surface area contributed by atoms with Gasteiger partial charge in [-0.05, 0) is 28.6 Å². The maximum atomic E-state index is 12.2. The summed E-state index contributed by atoms with van der Waals surface area (Å²) in [5.74, 6) is -0.877. The number of para-hydroxylation sites is 1. The Bertz CT molecular complexity index is 896. The predicted octanol–water partition coefficient (Wildman–Crippen LogP) is 2.68. The number of pyridine rings is 1. The number of hydrogen-bond acceptors (Lipinski definition) is 2. The zero-order valence-electron chi connectivity index (χ0n) is 11.9. The summed E-state index contributed by atoms with van der Waals surface area (Å²) < 4.78 is 1.68. The van der Waals surface area contributed by atoms with E-state index in [2.05, 4.69) is 0 Å². The Morgan fingerprint density at radius 3 is 2.36 bits per heavy atom. The van der Waals surface area contributed by atoms with E-state index in [4.69, 9.17) is 5.11 Å². The lowest BCUT2D eigenvalue weighted by Crippen LogP contribution is -2.20. The molecule has 0 aliphatic carbocycles. The summed E-state index contributed by atoms with van der Waals surface area (Å²) in [6.07, 6.45) is -0.0459. The second-order valence-electron chi connectivity index (χ2n) is 5.16. The van der Waals surface area contributed by atoms with Crippen molar-refractivity contribution in [2.45, 2.75) is 13.0 Å². The molecule has 0 spiro atoms. The molecule has 1 aromatic heterocycles.